The van der Waals surface area contributed by atoms with Crippen LogP contribution in [0.25, 0.3) is 0 Å². The van der Waals surface area contributed by atoms with Gasteiger partial charge in [0.05, 0.1) is 26.5 Å². The van der Waals surface area contributed by atoms with Crippen molar-refractivity contribution in [1.29, 1.82) is 0 Å². The zero-order chi connectivity index (χ0) is 18.4. The lowest BCUT2D eigenvalue weighted by molar-refractivity contribution is -0.114. The molecule has 0 bridgehead atoms. The fourth-order valence-electron chi connectivity index (χ4n) is 2.68. The molecule has 134 valence electrons. The molecule has 2 rings (SSSR count). The molecule has 0 fully saturated rings. The standard InChI is InChI=1S/C20H26N2O3/c1-13(2)16-8-6-7-14(3)20(16)21-12-19(23)22-17-10-9-15(24-4)11-18(17)25-5/h6-11,13,21H,12H2,1-5H3,(H,22,23). The largest absolute Gasteiger partial charge is 0.497 e. The van der Waals surface area contributed by atoms with Gasteiger partial charge in [0.1, 0.15) is 11.5 Å². The van der Waals surface area contributed by atoms with Crippen LogP contribution < -0.4 is 20.1 Å². The Hall–Kier alpha value is -2.69. The predicted molar refractivity (Wildman–Crippen MR) is 102 cm³/mol. The first kappa shape index (κ1) is 18.6. The SMILES string of the molecule is COc1ccc(NC(=O)CNc2c(C)cccc2C(C)C)c(OC)c1. The van der Waals surface area contributed by atoms with Gasteiger partial charge in [0.25, 0.3) is 0 Å². The topological polar surface area (TPSA) is 59.6 Å². The van der Waals surface area contributed by atoms with E-state index in [1.807, 2.05) is 19.1 Å². The minimum absolute atomic E-state index is 0.138. The third kappa shape index (κ3) is 4.66. The van der Waals surface area contributed by atoms with E-state index in [9.17, 15) is 4.79 Å². The summed E-state index contributed by atoms with van der Waals surface area (Å²) in [6.07, 6.45) is 0. The van der Waals surface area contributed by atoms with Crippen molar-refractivity contribution in [3.8, 4) is 11.5 Å². The fraction of sp³-hybridized carbons (Fsp3) is 0.350. The van der Waals surface area contributed by atoms with Gasteiger partial charge in [0, 0.05) is 11.8 Å². The number of carbonyl (C=O) groups excluding carboxylic acids is 1. The number of methoxy groups -OCH3 is 2. The van der Waals surface area contributed by atoms with Crippen molar-refractivity contribution >= 4 is 17.3 Å². The minimum Gasteiger partial charge on any atom is -0.497 e. The van der Waals surface area contributed by atoms with Crippen LogP contribution in [0.1, 0.15) is 30.9 Å². The molecule has 0 heterocycles. The summed E-state index contributed by atoms with van der Waals surface area (Å²) in [4.78, 5) is 12.3. The second-order valence-corrected chi connectivity index (χ2v) is 6.16. The number of hydrogen-bond donors (Lipinski definition) is 2. The molecule has 0 spiro atoms. The number of ether oxygens (including phenoxy) is 2. The Morgan fingerprint density at radius 2 is 1.88 bits per heavy atom. The summed E-state index contributed by atoms with van der Waals surface area (Å²) in [6.45, 7) is 6.50. The van der Waals surface area contributed by atoms with Crippen molar-refractivity contribution in [2.75, 3.05) is 31.4 Å². The summed E-state index contributed by atoms with van der Waals surface area (Å²) in [7, 11) is 3.15. The quantitative estimate of drug-likeness (QED) is 0.792. The number of aryl methyl sites for hydroxylation is 1. The van der Waals surface area contributed by atoms with Gasteiger partial charge in [0.2, 0.25) is 5.91 Å². The Morgan fingerprint density at radius 3 is 2.52 bits per heavy atom. The van der Waals surface area contributed by atoms with Crippen molar-refractivity contribution in [2.45, 2.75) is 26.7 Å². The fourth-order valence-corrected chi connectivity index (χ4v) is 2.68. The van der Waals surface area contributed by atoms with E-state index in [1.54, 1.807) is 32.4 Å². The molecule has 0 aromatic heterocycles. The van der Waals surface area contributed by atoms with E-state index in [4.69, 9.17) is 9.47 Å². The van der Waals surface area contributed by atoms with E-state index in [0.29, 0.717) is 23.1 Å². The highest BCUT2D eigenvalue weighted by molar-refractivity contribution is 5.95. The second-order valence-electron chi connectivity index (χ2n) is 6.16. The lowest BCUT2D eigenvalue weighted by atomic mass is 9.98. The molecule has 5 heteroatoms. The smallest absolute Gasteiger partial charge is 0.243 e. The van der Waals surface area contributed by atoms with Gasteiger partial charge in [-0.15, -0.1) is 0 Å². The maximum atomic E-state index is 12.3. The maximum absolute atomic E-state index is 12.3. The molecule has 0 aliphatic heterocycles. The van der Waals surface area contributed by atoms with Crippen molar-refractivity contribution in [3.63, 3.8) is 0 Å². The summed E-state index contributed by atoms with van der Waals surface area (Å²) in [5.41, 5.74) is 3.97. The number of amides is 1. The van der Waals surface area contributed by atoms with E-state index in [0.717, 1.165) is 11.3 Å². The van der Waals surface area contributed by atoms with Gasteiger partial charge in [-0.3, -0.25) is 4.79 Å². The molecule has 25 heavy (non-hydrogen) atoms. The number of para-hydroxylation sites is 1. The first-order chi connectivity index (χ1) is 12.0. The Bertz CT molecular complexity index is 742. The van der Waals surface area contributed by atoms with E-state index in [1.165, 1.54) is 5.56 Å². The first-order valence-electron chi connectivity index (χ1n) is 8.31. The first-order valence-corrected chi connectivity index (χ1v) is 8.31. The number of carbonyl (C=O) groups is 1. The Morgan fingerprint density at radius 1 is 1.12 bits per heavy atom. The molecule has 2 N–H and O–H groups in total. The Kier molecular flexibility index (Phi) is 6.28. The van der Waals surface area contributed by atoms with Crippen molar-refractivity contribution in [2.24, 2.45) is 0 Å². The van der Waals surface area contributed by atoms with Gasteiger partial charge in [0.15, 0.2) is 0 Å². The van der Waals surface area contributed by atoms with Crippen LogP contribution in [-0.4, -0.2) is 26.7 Å². The minimum atomic E-state index is -0.138. The highest BCUT2D eigenvalue weighted by Gasteiger charge is 2.12. The van der Waals surface area contributed by atoms with Crippen LogP contribution in [0.4, 0.5) is 11.4 Å². The van der Waals surface area contributed by atoms with Gasteiger partial charge in [-0.1, -0.05) is 32.0 Å². The van der Waals surface area contributed by atoms with E-state index >= 15 is 0 Å². The third-order valence-corrected chi connectivity index (χ3v) is 4.04. The molecule has 0 saturated heterocycles. The van der Waals surface area contributed by atoms with Crippen LogP contribution in [-0.2, 0) is 4.79 Å². The van der Waals surface area contributed by atoms with E-state index in [2.05, 4.69) is 30.5 Å². The third-order valence-electron chi connectivity index (χ3n) is 4.04. The summed E-state index contributed by atoms with van der Waals surface area (Å²) in [5.74, 6) is 1.48. The molecule has 2 aromatic carbocycles. The Balaban J connectivity index is 2.07. The molecule has 0 atom stereocenters. The molecule has 0 aliphatic carbocycles. The number of nitrogens with one attached hydrogen (secondary N) is 2. The van der Waals surface area contributed by atoms with Crippen LogP contribution in [0.15, 0.2) is 36.4 Å². The van der Waals surface area contributed by atoms with Crippen LogP contribution in [0.3, 0.4) is 0 Å². The van der Waals surface area contributed by atoms with Gasteiger partial charge in [-0.25, -0.2) is 0 Å². The Labute approximate surface area is 149 Å². The molecule has 0 radical (unpaired) electrons. The predicted octanol–water partition coefficient (Wildman–Crippen LogP) is 4.19. The molecule has 0 aliphatic rings. The van der Waals surface area contributed by atoms with Crippen molar-refractivity contribution < 1.29 is 14.3 Å². The average molecular weight is 342 g/mol. The summed E-state index contributed by atoms with van der Waals surface area (Å²) in [5, 5.41) is 6.13. The number of hydrogen-bond acceptors (Lipinski definition) is 4. The molecule has 5 nitrogen and oxygen atoms in total. The van der Waals surface area contributed by atoms with E-state index < -0.39 is 0 Å². The maximum Gasteiger partial charge on any atom is 0.243 e. The molecular weight excluding hydrogens is 316 g/mol. The zero-order valence-corrected chi connectivity index (χ0v) is 15.5. The van der Waals surface area contributed by atoms with Crippen LogP contribution in [0.5, 0.6) is 11.5 Å². The van der Waals surface area contributed by atoms with E-state index in [-0.39, 0.29) is 12.5 Å². The van der Waals surface area contributed by atoms with Gasteiger partial charge in [-0.05, 0) is 36.1 Å². The average Bonchev–Trinajstić information content (AvgIpc) is 2.60. The lowest BCUT2D eigenvalue weighted by Crippen LogP contribution is -2.23. The zero-order valence-electron chi connectivity index (χ0n) is 15.5. The van der Waals surface area contributed by atoms with Gasteiger partial charge >= 0.3 is 0 Å². The number of benzene rings is 2. The number of rotatable bonds is 7. The molecule has 0 unspecified atom stereocenters. The molecule has 2 aromatic rings. The summed E-state index contributed by atoms with van der Waals surface area (Å²) in [6, 6.07) is 11.5. The summed E-state index contributed by atoms with van der Waals surface area (Å²) < 4.78 is 10.5. The molecule has 1 amide bonds. The van der Waals surface area contributed by atoms with Crippen molar-refractivity contribution in [1.82, 2.24) is 0 Å². The second kappa shape index (κ2) is 8.42. The molecule has 0 saturated carbocycles. The lowest BCUT2D eigenvalue weighted by Gasteiger charge is -2.17. The van der Waals surface area contributed by atoms with Crippen LogP contribution >= 0.6 is 0 Å². The normalized spacial score (nSPS) is 10.5. The van der Waals surface area contributed by atoms with Crippen molar-refractivity contribution in [3.05, 3.63) is 47.5 Å². The van der Waals surface area contributed by atoms with Gasteiger partial charge in [-0.2, -0.15) is 0 Å². The van der Waals surface area contributed by atoms with Crippen LogP contribution in [0, 0.1) is 6.92 Å². The van der Waals surface area contributed by atoms with Gasteiger partial charge < -0.3 is 20.1 Å². The monoisotopic (exact) mass is 342 g/mol. The van der Waals surface area contributed by atoms with Crippen LogP contribution in [0.2, 0.25) is 0 Å². The highest BCUT2D eigenvalue weighted by atomic mass is 16.5. The summed E-state index contributed by atoms with van der Waals surface area (Å²) >= 11 is 0. The number of anilines is 2. The molecular formula is C20H26N2O3. The highest BCUT2D eigenvalue weighted by Crippen LogP contribution is 2.29.